The summed E-state index contributed by atoms with van der Waals surface area (Å²) >= 11 is 5.90. The molecule has 1 aliphatic heterocycles. The molecule has 2 nitrogen and oxygen atoms in total. The van der Waals surface area contributed by atoms with E-state index in [-0.39, 0.29) is 0 Å². The van der Waals surface area contributed by atoms with Crippen molar-refractivity contribution in [3.8, 4) is 5.75 Å². The lowest BCUT2D eigenvalue weighted by Crippen LogP contribution is -2.26. The fourth-order valence-electron chi connectivity index (χ4n) is 1.82. The number of halogens is 1. The van der Waals surface area contributed by atoms with E-state index in [2.05, 4.69) is 12.2 Å². The minimum atomic E-state index is 0.418. The van der Waals surface area contributed by atoms with E-state index in [0.717, 1.165) is 30.3 Å². The van der Waals surface area contributed by atoms with Crippen LogP contribution in [0.4, 0.5) is 0 Å². The fourth-order valence-corrected chi connectivity index (χ4v) is 1.98. The van der Waals surface area contributed by atoms with Crippen molar-refractivity contribution in [2.24, 2.45) is 0 Å². The lowest BCUT2D eigenvalue weighted by atomic mass is 10.0. The summed E-state index contributed by atoms with van der Waals surface area (Å²) in [6.45, 7) is 3.86. The van der Waals surface area contributed by atoms with Crippen molar-refractivity contribution in [1.82, 2.24) is 5.32 Å². The molecule has 0 fully saturated rings. The van der Waals surface area contributed by atoms with Gasteiger partial charge in [-0.1, -0.05) is 24.6 Å². The summed E-state index contributed by atoms with van der Waals surface area (Å²) in [6, 6.07) is 6.27. The number of nitrogens with one attached hydrogen (secondary N) is 1. The molecule has 0 aliphatic carbocycles. The van der Waals surface area contributed by atoms with Gasteiger partial charge in [0.1, 0.15) is 5.75 Å². The third-order valence-corrected chi connectivity index (χ3v) is 2.70. The van der Waals surface area contributed by atoms with Gasteiger partial charge in [-0.25, -0.2) is 0 Å². The largest absolute Gasteiger partial charge is 0.493 e. The molecule has 1 aromatic carbocycles. The molecule has 0 bridgehead atoms. The Bertz CT molecular complexity index is 327. The fraction of sp³-hybridized carbons (Fsp3) is 0.455. The van der Waals surface area contributed by atoms with E-state index in [0.29, 0.717) is 6.04 Å². The summed E-state index contributed by atoms with van der Waals surface area (Å²) in [5.74, 6) is 0.926. The summed E-state index contributed by atoms with van der Waals surface area (Å²) in [5, 5.41) is 4.17. The molecule has 0 spiro atoms. The lowest BCUT2D eigenvalue weighted by molar-refractivity contribution is 0.254. The van der Waals surface area contributed by atoms with Crippen molar-refractivity contribution in [2.75, 3.05) is 13.2 Å². The van der Waals surface area contributed by atoms with Gasteiger partial charge in [0.05, 0.1) is 6.61 Å². The molecule has 0 saturated carbocycles. The minimum Gasteiger partial charge on any atom is -0.493 e. The third-order valence-electron chi connectivity index (χ3n) is 2.47. The first-order chi connectivity index (χ1) is 6.81. The van der Waals surface area contributed by atoms with Crippen LogP contribution in [0.1, 0.15) is 24.9 Å². The SMILES string of the molecule is CCNC1CCOc2cc(Cl)ccc21. The Kier molecular flexibility index (Phi) is 2.94. The number of hydrogen-bond acceptors (Lipinski definition) is 2. The average Bonchev–Trinajstić information content (AvgIpc) is 2.18. The maximum absolute atomic E-state index is 5.90. The molecule has 1 heterocycles. The Morgan fingerprint density at radius 2 is 2.43 bits per heavy atom. The van der Waals surface area contributed by atoms with Crippen molar-refractivity contribution in [1.29, 1.82) is 0 Å². The predicted octanol–water partition coefficient (Wildman–Crippen LogP) is 2.77. The van der Waals surface area contributed by atoms with Crippen molar-refractivity contribution in [2.45, 2.75) is 19.4 Å². The van der Waals surface area contributed by atoms with E-state index in [4.69, 9.17) is 16.3 Å². The van der Waals surface area contributed by atoms with Crippen molar-refractivity contribution >= 4 is 11.6 Å². The second-order valence-corrected chi connectivity index (χ2v) is 3.87. The lowest BCUT2D eigenvalue weighted by Gasteiger charge is -2.26. The van der Waals surface area contributed by atoms with Gasteiger partial charge >= 0.3 is 0 Å². The zero-order valence-electron chi connectivity index (χ0n) is 8.22. The Labute approximate surface area is 89.2 Å². The van der Waals surface area contributed by atoms with E-state index in [1.54, 1.807) is 0 Å². The molecule has 0 amide bonds. The van der Waals surface area contributed by atoms with E-state index in [9.17, 15) is 0 Å². The number of hydrogen-bond donors (Lipinski definition) is 1. The Morgan fingerprint density at radius 1 is 1.57 bits per heavy atom. The first kappa shape index (κ1) is 9.81. The van der Waals surface area contributed by atoms with Crippen molar-refractivity contribution < 1.29 is 4.74 Å². The smallest absolute Gasteiger partial charge is 0.125 e. The summed E-state index contributed by atoms with van der Waals surface area (Å²) in [7, 11) is 0. The van der Waals surface area contributed by atoms with Gasteiger partial charge in [0, 0.05) is 23.0 Å². The molecular weight excluding hydrogens is 198 g/mol. The van der Waals surface area contributed by atoms with Crippen molar-refractivity contribution in [3.05, 3.63) is 28.8 Å². The molecule has 0 radical (unpaired) electrons. The maximum atomic E-state index is 5.90. The average molecular weight is 212 g/mol. The molecule has 2 rings (SSSR count). The summed E-state index contributed by atoms with van der Waals surface area (Å²) < 4.78 is 5.56. The molecule has 1 unspecified atom stereocenters. The van der Waals surface area contributed by atoms with Gasteiger partial charge in [0.15, 0.2) is 0 Å². The second-order valence-electron chi connectivity index (χ2n) is 3.43. The molecular formula is C11H14ClNO. The number of fused-ring (bicyclic) bond motifs is 1. The zero-order valence-corrected chi connectivity index (χ0v) is 8.97. The molecule has 76 valence electrons. The molecule has 1 aromatic rings. The van der Waals surface area contributed by atoms with Gasteiger partial charge in [0.2, 0.25) is 0 Å². The zero-order chi connectivity index (χ0) is 9.97. The van der Waals surface area contributed by atoms with Crippen LogP contribution in [0.5, 0.6) is 5.75 Å². The van der Waals surface area contributed by atoms with Crippen LogP contribution in [0.25, 0.3) is 0 Å². The van der Waals surface area contributed by atoms with Gasteiger partial charge in [-0.15, -0.1) is 0 Å². The minimum absolute atomic E-state index is 0.418. The molecule has 0 aromatic heterocycles. The van der Waals surface area contributed by atoms with Crippen molar-refractivity contribution in [3.63, 3.8) is 0 Å². The monoisotopic (exact) mass is 211 g/mol. The summed E-state index contributed by atoms with van der Waals surface area (Å²) in [4.78, 5) is 0. The standard InChI is InChI=1S/C11H14ClNO/c1-2-13-10-5-6-14-11-7-8(12)3-4-9(10)11/h3-4,7,10,13H,2,5-6H2,1H3. The van der Waals surface area contributed by atoms with Crippen LogP contribution in [-0.2, 0) is 0 Å². The van der Waals surface area contributed by atoms with Gasteiger partial charge in [-0.3, -0.25) is 0 Å². The highest BCUT2D eigenvalue weighted by molar-refractivity contribution is 6.30. The Balaban J connectivity index is 2.30. The highest BCUT2D eigenvalue weighted by atomic mass is 35.5. The number of benzene rings is 1. The van der Waals surface area contributed by atoms with Crippen LogP contribution < -0.4 is 10.1 Å². The van der Waals surface area contributed by atoms with Crippen LogP contribution in [0.3, 0.4) is 0 Å². The quantitative estimate of drug-likeness (QED) is 0.813. The molecule has 3 heteroatoms. The summed E-state index contributed by atoms with van der Waals surface area (Å²) in [5.41, 5.74) is 1.22. The van der Waals surface area contributed by atoms with Crippen LogP contribution in [0, 0.1) is 0 Å². The molecule has 14 heavy (non-hydrogen) atoms. The highest BCUT2D eigenvalue weighted by Gasteiger charge is 2.20. The van der Waals surface area contributed by atoms with E-state index in [1.165, 1.54) is 5.56 Å². The van der Waals surface area contributed by atoms with E-state index < -0.39 is 0 Å². The van der Waals surface area contributed by atoms with E-state index in [1.807, 2.05) is 18.2 Å². The maximum Gasteiger partial charge on any atom is 0.125 e. The number of rotatable bonds is 2. The molecule has 1 atom stereocenters. The van der Waals surface area contributed by atoms with Crippen LogP contribution in [0.15, 0.2) is 18.2 Å². The Morgan fingerprint density at radius 3 is 3.21 bits per heavy atom. The first-order valence-corrected chi connectivity index (χ1v) is 5.34. The number of ether oxygens (including phenoxy) is 1. The molecule has 1 N–H and O–H groups in total. The normalized spacial score (nSPS) is 20.0. The topological polar surface area (TPSA) is 21.3 Å². The van der Waals surface area contributed by atoms with Crippen LogP contribution in [0.2, 0.25) is 5.02 Å². The van der Waals surface area contributed by atoms with Gasteiger partial charge < -0.3 is 10.1 Å². The Hall–Kier alpha value is -0.730. The van der Waals surface area contributed by atoms with Gasteiger partial charge in [-0.2, -0.15) is 0 Å². The third kappa shape index (κ3) is 1.86. The summed E-state index contributed by atoms with van der Waals surface area (Å²) in [6.07, 6.45) is 1.03. The van der Waals surface area contributed by atoms with Gasteiger partial charge in [-0.05, 0) is 18.7 Å². The van der Waals surface area contributed by atoms with Crippen LogP contribution in [-0.4, -0.2) is 13.2 Å². The highest BCUT2D eigenvalue weighted by Crippen LogP contribution is 2.33. The predicted molar refractivity (Wildman–Crippen MR) is 58.0 cm³/mol. The van der Waals surface area contributed by atoms with Gasteiger partial charge in [0.25, 0.3) is 0 Å². The first-order valence-electron chi connectivity index (χ1n) is 4.97. The van der Waals surface area contributed by atoms with Crippen LogP contribution >= 0.6 is 11.6 Å². The van der Waals surface area contributed by atoms with E-state index >= 15 is 0 Å². The molecule has 0 saturated heterocycles. The molecule has 1 aliphatic rings. The second kappa shape index (κ2) is 4.20.